The highest BCUT2D eigenvalue weighted by Gasteiger charge is 2.36. The molecule has 0 radical (unpaired) electrons. The van der Waals surface area contributed by atoms with Crippen LogP contribution in [0.5, 0.6) is 5.88 Å². The summed E-state index contributed by atoms with van der Waals surface area (Å²) in [6.07, 6.45) is -9.65. The minimum atomic E-state index is -4.99. The van der Waals surface area contributed by atoms with Gasteiger partial charge in [0.15, 0.2) is 0 Å². The number of pyridine rings is 1. The van der Waals surface area contributed by atoms with Crippen LogP contribution in [0, 0.1) is 10.5 Å². The SMILES string of the molecule is Cc1nc(OC(F)(F)F)c(I)cc1C(F)(F)F. The molecule has 17 heavy (non-hydrogen) atoms. The lowest BCUT2D eigenvalue weighted by molar-refractivity contribution is -0.276. The maximum atomic E-state index is 12.4. The van der Waals surface area contributed by atoms with Crippen LogP contribution in [0.3, 0.4) is 0 Å². The first kappa shape index (κ1) is 14.3. The molecule has 1 aromatic rings. The molecule has 0 N–H and O–H groups in total. The standard InChI is InChI=1S/C8H4F6INO/c1-3-4(7(9,10)11)2-5(15)6(16-3)17-8(12,13)14/h2H,1H3. The molecule has 0 atom stereocenters. The largest absolute Gasteiger partial charge is 0.574 e. The third kappa shape index (κ3) is 3.89. The lowest BCUT2D eigenvalue weighted by atomic mass is 10.2. The van der Waals surface area contributed by atoms with Crippen molar-refractivity contribution < 1.29 is 31.1 Å². The van der Waals surface area contributed by atoms with Crippen molar-refractivity contribution in [3.8, 4) is 5.88 Å². The van der Waals surface area contributed by atoms with E-state index in [4.69, 9.17) is 0 Å². The summed E-state index contributed by atoms with van der Waals surface area (Å²) in [5, 5.41) is 0. The molecule has 0 fully saturated rings. The zero-order chi connectivity index (χ0) is 13.4. The summed E-state index contributed by atoms with van der Waals surface area (Å²) in [4.78, 5) is 3.15. The average molecular weight is 371 g/mol. The van der Waals surface area contributed by atoms with Crippen molar-refractivity contribution in [2.75, 3.05) is 0 Å². The van der Waals surface area contributed by atoms with Crippen LogP contribution in [0.15, 0.2) is 6.07 Å². The smallest absolute Gasteiger partial charge is 0.387 e. The minimum absolute atomic E-state index is 0.363. The number of hydrogen-bond donors (Lipinski definition) is 0. The number of rotatable bonds is 1. The van der Waals surface area contributed by atoms with Crippen molar-refractivity contribution in [1.82, 2.24) is 4.98 Å². The van der Waals surface area contributed by atoms with Gasteiger partial charge in [0, 0.05) is 0 Å². The minimum Gasteiger partial charge on any atom is -0.387 e. The first-order valence-electron chi connectivity index (χ1n) is 4.01. The Labute approximate surface area is 105 Å². The summed E-state index contributed by atoms with van der Waals surface area (Å²) in [7, 11) is 0. The highest BCUT2D eigenvalue weighted by Crippen LogP contribution is 2.35. The van der Waals surface area contributed by atoms with Gasteiger partial charge in [-0.2, -0.15) is 13.2 Å². The Morgan fingerprint density at radius 1 is 1.18 bits per heavy atom. The lowest BCUT2D eigenvalue weighted by Crippen LogP contribution is -2.20. The van der Waals surface area contributed by atoms with Crippen molar-refractivity contribution in [3.05, 3.63) is 20.9 Å². The Balaban J connectivity index is 3.19. The number of aromatic nitrogens is 1. The van der Waals surface area contributed by atoms with Crippen LogP contribution in [0.25, 0.3) is 0 Å². The summed E-state index contributed by atoms with van der Waals surface area (Å²) >= 11 is 1.30. The average Bonchev–Trinajstić information content (AvgIpc) is 2.06. The van der Waals surface area contributed by atoms with E-state index in [1.807, 2.05) is 0 Å². The number of halogens is 7. The molecule has 9 heteroatoms. The molecule has 0 saturated carbocycles. The number of aryl methyl sites for hydroxylation is 1. The van der Waals surface area contributed by atoms with Crippen molar-refractivity contribution in [2.24, 2.45) is 0 Å². The third-order valence-electron chi connectivity index (χ3n) is 1.65. The zero-order valence-electron chi connectivity index (χ0n) is 8.08. The Kier molecular flexibility index (Phi) is 3.79. The normalized spacial score (nSPS) is 12.7. The van der Waals surface area contributed by atoms with Crippen LogP contribution in [0.1, 0.15) is 11.3 Å². The number of alkyl halides is 6. The number of ether oxygens (including phenoxy) is 1. The van der Waals surface area contributed by atoms with Gasteiger partial charge >= 0.3 is 12.5 Å². The van der Waals surface area contributed by atoms with E-state index in [2.05, 4.69) is 9.72 Å². The summed E-state index contributed by atoms with van der Waals surface area (Å²) in [6.45, 7) is 0.960. The molecule has 0 bridgehead atoms. The van der Waals surface area contributed by atoms with Gasteiger partial charge in [0.25, 0.3) is 0 Å². The maximum Gasteiger partial charge on any atom is 0.574 e. The van der Waals surface area contributed by atoms with E-state index in [9.17, 15) is 26.3 Å². The van der Waals surface area contributed by atoms with E-state index in [-0.39, 0.29) is 3.57 Å². The summed E-state index contributed by atoms with van der Waals surface area (Å²) < 4.78 is 76.0. The molecule has 1 heterocycles. The van der Waals surface area contributed by atoms with E-state index in [0.29, 0.717) is 6.07 Å². The number of hydrogen-bond acceptors (Lipinski definition) is 2. The van der Waals surface area contributed by atoms with Crippen LogP contribution in [0.2, 0.25) is 0 Å². The van der Waals surface area contributed by atoms with Crippen LogP contribution in [-0.4, -0.2) is 11.3 Å². The highest BCUT2D eigenvalue weighted by molar-refractivity contribution is 14.1. The molecule has 1 aromatic heterocycles. The Bertz CT molecular complexity index is 427. The maximum absolute atomic E-state index is 12.4. The van der Waals surface area contributed by atoms with Gasteiger partial charge in [-0.05, 0) is 35.6 Å². The van der Waals surface area contributed by atoms with Crippen molar-refractivity contribution in [3.63, 3.8) is 0 Å². The van der Waals surface area contributed by atoms with Gasteiger partial charge in [0.05, 0.1) is 14.8 Å². The molecule has 0 saturated heterocycles. The second-order valence-corrected chi connectivity index (χ2v) is 4.12. The summed E-state index contributed by atoms with van der Waals surface area (Å²) in [5.74, 6) is -0.886. The molecule has 0 aliphatic heterocycles. The molecule has 96 valence electrons. The van der Waals surface area contributed by atoms with Gasteiger partial charge in [-0.3, -0.25) is 0 Å². The van der Waals surface area contributed by atoms with Crippen molar-refractivity contribution in [2.45, 2.75) is 19.5 Å². The molecule has 0 amide bonds. The molecule has 2 nitrogen and oxygen atoms in total. The summed E-state index contributed by atoms with van der Waals surface area (Å²) in [6, 6.07) is 0.559. The second-order valence-electron chi connectivity index (χ2n) is 2.95. The van der Waals surface area contributed by atoms with Crippen LogP contribution in [-0.2, 0) is 6.18 Å². The predicted octanol–water partition coefficient (Wildman–Crippen LogP) is 3.91. The summed E-state index contributed by atoms with van der Waals surface area (Å²) in [5.41, 5.74) is -1.66. The van der Waals surface area contributed by atoms with Crippen LogP contribution < -0.4 is 4.74 Å². The van der Waals surface area contributed by atoms with Gasteiger partial charge in [-0.15, -0.1) is 13.2 Å². The third-order valence-corrected chi connectivity index (χ3v) is 2.43. The van der Waals surface area contributed by atoms with Gasteiger partial charge in [-0.1, -0.05) is 0 Å². The van der Waals surface area contributed by atoms with Gasteiger partial charge in [0.2, 0.25) is 5.88 Å². The Morgan fingerprint density at radius 3 is 2.12 bits per heavy atom. The van der Waals surface area contributed by atoms with E-state index >= 15 is 0 Å². The fraction of sp³-hybridized carbons (Fsp3) is 0.375. The molecule has 0 unspecified atom stereocenters. The zero-order valence-corrected chi connectivity index (χ0v) is 10.2. The molecular weight excluding hydrogens is 367 g/mol. The van der Waals surface area contributed by atoms with Crippen LogP contribution in [0.4, 0.5) is 26.3 Å². The molecule has 0 aliphatic rings. The molecule has 0 spiro atoms. The Hall–Kier alpha value is -0.740. The fourth-order valence-corrected chi connectivity index (χ4v) is 1.57. The topological polar surface area (TPSA) is 22.1 Å². The van der Waals surface area contributed by atoms with E-state index in [1.54, 1.807) is 0 Å². The molecule has 1 rings (SSSR count). The molecule has 0 aromatic carbocycles. The molecular formula is C8H4F6INO. The monoisotopic (exact) mass is 371 g/mol. The quantitative estimate of drug-likeness (QED) is 0.552. The lowest BCUT2D eigenvalue weighted by Gasteiger charge is -2.14. The molecule has 0 aliphatic carbocycles. The number of nitrogens with zero attached hydrogens (tertiary/aromatic N) is 1. The van der Waals surface area contributed by atoms with E-state index in [1.165, 1.54) is 22.6 Å². The van der Waals surface area contributed by atoms with Gasteiger partial charge in [-0.25, -0.2) is 4.98 Å². The second kappa shape index (κ2) is 4.50. The Morgan fingerprint density at radius 2 is 1.71 bits per heavy atom. The highest BCUT2D eigenvalue weighted by atomic mass is 127. The first-order chi connectivity index (χ1) is 7.50. The van der Waals surface area contributed by atoms with Crippen molar-refractivity contribution >= 4 is 22.6 Å². The van der Waals surface area contributed by atoms with E-state index in [0.717, 1.165) is 6.92 Å². The first-order valence-corrected chi connectivity index (χ1v) is 5.08. The van der Waals surface area contributed by atoms with Crippen LogP contribution >= 0.6 is 22.6 Å². The predicted molar refractivity (Wildman–Crippen MR) is 53.4 cm³/mol. The van der Waals surface area contributed by atoms with E-state index < -0.39 is 29.7 Å². The fourth-order valence-electron chi connectivity index (χ4n) is 1.03. The van der Waals surface area contributed by atoms with Gasteiger partial charge < -0.3 is 4.74 Å². The van der Waals surface area contributed by atoms with Crippen molar-refractivity contribution in [1.29, 1.82) is 0 Å². The van der Waals surface area contributed by atoms with Gasteiger partial charge in [0.1, 0.15) is 0 Å².